The second-order valence-corrected chi connectivity index (χ2v) is 6.29. The first-order valence-electron chi connectivity index (χ1n) is 9.27. The SMILES string of the molecule is COc1ccc(CCNC(N)=NCCCCN2CCOCC2)cc1OC.I. The number of methoxy groups -OCH3 is 2. The van der Waals surface area contributed by atoms with Crippen LogP contribution in [0.3, 0.4) is 0 Å². The number of unbranched alkanes of at least 4 members (excludes halogenated alkanes) is 1. The van der Waals surface area contributed by atoms with E-state index in [2.05, 4.69) is 15.2 Å². The maximum absolute atomic E-state index is 5.93. The maximum atomic E-state index is 5.93. The van der Waals surface area contributed by atoms with Crippen LogP contribution in [0.5, 0.6) is 11.5 Å². The Bertz CT molecular complexity index is 566. The molecule has 3 N–H and O–H groups in total. The highest BCUT2D eigenvalue weighted by Crippen LogP contribution is 2.27. The molecule has 8 heteroatoms. The fourth-order valence-corrected chi connectivity index (χ4v) is 2.90. The molecule has 154 valence electrons. The summed E-state index contributed by atoms with van der Waals surface area (Å²) in [5, 5.41) is 3.17. The first-order valence-corrected chi connectivity index (χ1v) is 9.27. The van der Waals surface area contributed by atoms with E-state index in [0.717, 1.165) is 82.3 Å². The summed E-state index contributed by atoms with van der Waals surface area (Å²) in [6, 6.07) is 5.93. The Hall–Kier alpha value is -1.26. The van der Waals surface area contributed by atoms with Gasteiger partial charge in [-0.15, -0.1) is 24.0 Å². The summed E-state index contributed by atoms with van der Waals surface area (Å²) in [6.45, 7) is 6.42. The summed E-state index contributed by atoms with van der Waals surface area (Å²) in [7, 11) is 3.28. The zero-order valence-electron chi connectivity index (χ0n) is 16.4. The van der Waals surface area contributed by atoms with Crippen LogP contribution < -0.4 is 20.5 Å². The van der Waals surface area contributed by atoms with Gasteiger partial charge >= 0.3 is 0 Å². The predicted octanol–water partition coefficient (Wildman–Crippen LogP) is 1.88. The van der Waals surface area contributed by atoms with E-state index in [0.29, 0.717) is 5.96 Å². The van der Waals surface area contributed by atoms with Crippen molar-refractivity contribution in [2.45, 2.75) is 19.3 Å². The van der Waals surface area contributed by atoms with Crippen LogP contribution in [0.15, 0.2) is 23.2 Å². The van der Waals surface area contributed by atoms with Gasteiger partial charge in [-0.05, 0) is 43.5 Å². The molecule has 0 aromatic heterocycles. The second-order valence-electron chi connectivity index (χ2n) is 6.29. The molecule has 1 aromatic rings. The van der Waals surface area contributed by atoms with Gasteiger partial charge in [-0.25, -0.2) is 0 Å². The number of nitrogens with one attached hydrogen (secondary N) is 1. The van der Waals surface area contributed by atoms with E-state index >= 15 is 0 Å². The number of nitrogens with zero attached hydrogens (tertiary/aromatic N) is 2. The molecule has 0 atom stereocenters. The summed E-state index contributed by atoms with van der Waals surface area (Å²) in [5.74, 6) is 1.99. The number of nitrogens with two attached hydrogens (primary N) is 1. The summed E-state index contributed by atoms with van der Waals surface area (Å²) < 4.78 is 15.9. The van der Waals surface area contributed by atoms with Crippen molar-refractivity contribution in [2.75, 3.05) is 60.2 Å². The number of aliphatic imine (C=N–C) groups is 1. The lowest BCUT2D eigenvalue weighted by molar-refractivity contribution is 0.0373. The van der Waals surface area contributed by atoms with Crippen molar-refractivity contribution in [3.8, 4) is 11.5 Å². The van der Waals surface area contributed by atoms with Gasteiger partial charge in [-0.3, -0.25) is 9.89 Å². The normalized spacial score (nSPS) is 15.1. The van der Waals surface area contributed by atoms with Crippen LogP contribution in [0.4, 0.5) is 0 Å². The minimum absolute atomic E-state index is 0. The second kappa shape index (κ2) is 13.8. The van der Waals surface area contributed by atoms with E-state index in [4.69, 9.17) is 19.9 Å². The fourth-order valence-electron chi connectivity index (χ4n) is 2.90. The third kappa shape index (κ3) is 8.98. The average Bonchev–Trinajstić information content (AvgIpc) is 2.68. The van der Waals surface area contributed by atoms with Gasteiger partial charge in [0.15, 0.2) is 17.5 Å². The molecule has 1 fully saturated rings. The molecule has 1 heterocycles. The van der Waals surface area contributed by atoms with Crippen molar-refractivity contribution in [2.24, 2.45) is 10.7 Å². The summed E-state index contributed by atoms with van der Waals surface area (Å²) in [6.07, 6.45) is 3.03. The molecule has 7 nitrogen and oxygen atoms in total. The first-order chi connectivity index (χ1) is 12.7. The van der Waals surface area contributed by atoms with Crippen molar-refractivity contribution in [3.63, 3.8) is 0 Å². The van der Waals surface area contributed by atoms with Gasteiger partial charge in [0.1, 0.15) is 0 Å². The molecule has 1 aliphatic rings. The van der Waals surface area contributed by atoms with Gasteiger partial charge in [-0.1, -0.05) is 6.07 Å². The van der Waals surface area contributed by atoms with Gasteiger partial charge in [0.2, 0.25) is 0 Å². The van der Waals surface area contributed by atoms with Crippen LogP contribution in [0.25, 0.3) is 0 Å². The molecule has 2 rings (SSSR count). The molecule has 0 aliphatic carbocycles. The third-order valence-electron chi connectivity index (χ3n) is 4.44. The molecule has 1 aliphatic heterocycles. The van der Waals surface area contributed by atoms with Crippen molar-refractivity contribution in [1.82, 2.24) is 10.2 Å². The standard InChI is InChI=1S/C19H32N4O3.HI/c1-24-17-6-5-16(15-18(17)25-2)7-9-22-19(20)21-8-3-4-10-23-11-13-26-14-12-23;/h5-6,15H,3-4,7-14H2,1-2H3,(H3,20,21,22);1H. The molecule has 0 bridgehead atoms. The summed E-state index contributed by atoms with van der Waals surface area (Å²) in [5.41, 5.74) is 7.09. The van der Waals surface area contributed by atoms with Gasteiger partial charge in [-0.2, -0.15) is 0 Å². The Kier molecular flexibility index (Phi) is 12.2. The highest BCUT2D eigenvalue weighted by Gasteiger charge is 2.09. The monoisotopic (exact) mass is 492 g/mol. The minimum atomic E-state index is 0. The van der Waals surface area contributed by atoms with Crippen LogP contribution >= 0.6 is 24.0 Å². The first kappa shape index (κ1) is 23.8. The highest BCUT2D eigenvalue weighted by molar-refractivity contribution is 14.0. The van der Waals surface area contributed by atoms with E-state index in [-0.39, 0.29) is 24.0 Å². The van der Waals surface area contributed by atoms with Crippen molar-refractivity contribution in [3.05, 3.63) is 23.8 Å². The van der Waals surface area contributed by atoms with Crippen LogP contribution in [0.2, 0.25) is 0 Å². The lowest BCUT2D eigenvalue weighted by Gasteiger charge is -2.26. The molecule has 0 radical (unpaired) electrons. The average molecular weight is 492 g/mol. The number of ether oxygens (including phenoxy) is 3. The fraction of sp³-hybridized carbons (Fsp3) is 0.632. The van der Waals surface area contributed by atoms with Gasteiger partial charge in [0.25, 0.3) is 0 Å². The van der Waals surface area contributed by atoms with Crippen molar-refractivity contribution in [1.29, 1.82) is 0 Å². The largest absolute Gasteiger partial charge is 0.493 e. The Morgan fingerprint density at radius 2 is 1.93 bits per heavy atom. The Balaban J connectivity index is 0.00000364. The van der Waals surface area contributed by atoms with Gasteiger partial charge < -0.3 is 25.3 Å². The zero-order chi connectivity index (χ0) is 18.6. The van der Waals surface area contributed by atoms with Crippen LogP contribution in [0.1, 0.15) is 18.4 Å². The van der Waals surface area contributed by atoms with E-state index in [1.54, 1.807) is 14.2 Å². The molecule has 0 amide bonds. The smallest absolute Gasteiger partial charge is 0.188 e. The minimum Gasteiger partial charge on any atom is -0.493 e. The number of halogens is 1. The summed E-state index contributed by atoms with van der Waals surface area (Å²) in [4.78, 5) is 6.84. The molecule has 0 saturated carbocycles. The molecule has 1 saturated heterocycles. The molecule has 27 heavy (non-hydrogen) atoms. The highest BCUT2D eigenvalue weighted by atomic mass is 127. The van der Waals surface area contributed by atoms with Gasteiger partial charge in [0, 0.05) is 26.2 Å². The lowest BCUT2D eigenvalue weighted by Crippen LogP contribution is -2.36. The molecule has 1 aromatic carbocycles. The topological polar surface area (TPSA) is 81.3 Å². The van der Waals surface area contributed by atoms with Crippen molar-refractivity contribution >= 4 is 29.9 Å². The Labute approximate surface area is 179 Å². The number of benzene rings is 1. The Morgan fingerprint density at radius 1 is 1.19 bits per heavy atom. The number of rotatable bonds is 10. The van der Waals surface area contributed by atoms with Crippen molar-refractivity contribution < 1.29 is 14.2 Å². The van der Waals surface area contributed by atoms with E-state index in [1.807, 2.05) is 18.2 Å². The number of guanidine groups is 1. The number of hydrogen-bond donors (Lipinski definition) is 2. The zero-order valence-corrected chi connectivity index (χ0v) is 18.7. The van der Waals surface area contributed by atoms with E-state index in [1.165, 1.54) is 0 Å². The lowest BCUT2D eigenvalue weighted by atomic mass is 10.1. The van der Waals surface area contributed by atoms with Gasteiger partial charge in [0.05, 0.1) is 27.4 Å². The molecular formula is C19H33IN4O3. The van der Waals surface area contributed by atoms with E-state index in [9.17, 15) is 0 Å². The quantitative estimate of drug-likeness (QED) is 0.225. The van der Waals surface area contributed by atoms with Crippen LogP contribution in [0, 0.1) is 0 Å². The van der Waals surface area contributed by atoms with Crippen LogP contribution in [-0.2, 0) is 11.2 Å². The predicted molar refractivity (Wildman–Crippen MR) is 120 cm³/mol. The Morgan fingerprint density at radius 3 is 2.63 bits per heavy atom. The molecular weight excluding hydrogens is 459 g/mol. The summed E-state index contributed by atoms with van der Waals surface area (Å²) >= 11 is 0. The maximum Gasteiger partial charge on any atom is 0.188 e. The number of hydrogen-bond acceptors (Lipinski definition) is 5. The van der Waals surface area contributed by atoms with Crippen LogP contribution in [-0.4, -0.2) is 71.0 Å². The molecule has 0 spiro atoms. The number of morpholine rings is 1. The molecule has 0 unspecified atom stereocenters. The van der Waals surface area contributed by atoms with E-state index < -0.39 is 0 Å². The third-order valence-corrected chi connectivity index (χ3v) is 4.44.